The van der Waals surface area contributed by atoms with Gasteiger partial charge in [-0.05, 0) is 86.9 Å². The summed E-state index contributed by atoms with van der Waals surface area (Å²) in [5, 5.41) is 7.18. The first kappa shape index (κ1) is 30.5. The maximum Gasteiger partial charge on any atom is 0.333 e. The van der Waals surface area contributed by atoms with Gasteiger partial charge in [-0.1, -0.05) is 121 Å². The molecule has 0 saturated carbocycles. The van der Waals surface area contributed by atoms with E-state index in [2.05, 4.69) is 155 Å². The number of hydrogen-bond donors (Lipinski definition) is 0. The first-order valence-electron chi connectivity index (χ1n) is 19.8. The maximum absolute atomic E-state index is 6.85. The van der Waals surface area contributed by atoms with E-state index < -0.39 is 0 Å². The molecule has 5 heterocycles. The van der Waals surface area contributed by atoms with Gasteiger partial charge in [0, 0.05) is 44.5 Å². The molecule has 0 unspecified atom stereocenters. The van der Waals surface area contributed by atoms with Crippen LogP contribution >= 0.6 is 0 Å². The number of para-hydroxylation sites is 5. The highest BCUT2D eigenvalue weighted by Crippen LogP contribution is 2.54. The van der Waals surface area contributed by atoms with Crippen LogP contribution in [0.1, 0.15) is 0 Å². The monoisotopic (exact) mass is 740 g/mol. The molecule has 6 heteroatoms. The van der Waals surface area contributed by atoms with E-state index in [0.717, 1.165) is 50.0 Å². The quantitative estimate of drug-likeness (QED) is 0.166. The van der Waals surface area contributed by atoms with Gasteiger partial charge >= 0.3 is 6.85 Å². The molecule has 58 heavy (non-hydrogen) atoms. The molecule has 0 bridgehead atoms. The van der Waals surface area contributed by atoms with Crippen LogP contribution in [0.3, 0.4) is 0 Å². The molecular formula is C52H29BN2O3. The standard InChI is InChI=1S/C52H29BN2O3/c1-2-12-30(13-3-1)32-26-38-37-28-47-48(57-46-23-9-8-22-45(46)56-47)29-42(37)55(41-20-11-17-35-34-16-6-7-21-44(34)58-52(35)41)53-39-19-10-18-36-49-33-15-5-4-14-31(33)24-25-40(49)54(51(36)39)43(27-32)50(38)53/h1-29H. The molecule has 0 saturated heterocycles. The number of hydrogen-bond acceptors (Lipinski definition) is 4. The van der Waals surface area contributed by atoms with Crippen molar-refractivity contribution in [1.29, 1.82) is 0 Å². The van der Waals surface area contributed by atoms with E-state index in [1.165, 1.54) is 54.8 Å². The number of rotatable bonds is 2. The highest BCUT2D eigenvalue weighted by Gasteiger charge is 2.45. The fourth-order valence-corrected chi connectivity index (χ4v) is 10.2. The molecule has 0 radical (unpaired) electrons. The Kier molecular flexibility index (Phi) is 5.78. The van der Waals surface area contributed by atoms with E-state index >= 15 is 0 Å². The summed E-state index contributed by atoms with van der Waals surface area (Å²) in [5.41, 5.74) is 14.4. The van der Waals surface area contributed by atoms with Gasteiger partial charge in [-0.15, -0.1) is 0 Å². The Balaban J connectivity index is 1.16. The van der Waals surface area contributed by atoms with E-state index in [1.54, 1.807) is 0 Å². The molecule has 0 amide bonds. The second kappa shape index (κ2) is 11.0. The summed E-state index contributed by atoms with van der Waals surface area (Å²) in [7, 11) is 0. The molecule has 0 atom stereocenters. The van der Waals surface area contributed by atoms with Crippen LogP contribution in [0.25, 0.3) is 82.5 Å². The zero-order valence-corrected chi connectivity index (χ0v) is 30.9. The third kappa shape index (κ3) is 3.91. The molecule has 0 aliphatic carbocycles. The van der Waals surface area contributed by atoms with Crippen molar-refractivity contribution in [1.82, 2.24) is 4.57 Å². The Morgan fingerprint density at radius 1 is 0.448 bits per heavy atom. The molecule has 5 nitrogen and oxygen atoms in total. The Bertz CT molecular complexity index is 3600. The van der Waals surface area contributed by atoms with Gasteiger partial charge in [0.2, 0.25) is 0 Å². The first-order chi connectivity index (χ1) is 28.8. The van der Waals surface area contributed by atoms with Gasteiger partial charge < -0.3 is 23.3 Å². The maximum atomic E-state index is 6.85. The van der Waals surface area contributed by atoms with Crippen molar-refractivity contribution in [2.45, 2.75) is 0 Å². The highest BCUT2D eigenvalue weighted by molar-refractivity contribution is 6.93. The average molecular weight is 741 g/mol. The van der Waals surface area contributed by atoms with Gasteiger partial charge in [-0.2, -0.15) is 0 Å². The molecule has 0 N–H and O–H groups in total. The van der Waals surface area contributed by atoms with Crippen molar-refractivity contribution >= 4 is 83.7 Å². The molecule has 268 valence electrons. The molecule has 14 rings (SSSR count). The normalized spacial score (nSPS) is 13.4. The Labute approximate surface area is 332 Å². The minimum Gasteiger partial charge on any atom is -0.454 e. The van der Waals surface area contributed by atoms with Crippen LogP contribution in [-0.2, 0) is 0 Å². The van der Waals surface area contributed by atoms with E-state index in [0.29, 0.717) is 23.0 Å². The van der Waals surface area contributed by atoms with Gasteiger partial charge in [0.15, 0.2) is 28.6 Å². The molecular weight excluding hydrogens is 711 g/mol. The summed E-state index contributed by atoms with van der Waals surface area (Å²) in [6.45, 7) is -0.206. The lowest BCUT2D eigenvalue weighted by atomic mass is 9.44. The summed E-state index contributed by atoms with van der Waals surface area (Å²) in [5.74, 6) is 2.77. The fraction of sp³-hybridized carbons (Fsp3) is 0. The van der Waals surface area contributed by atoms with Crippen LogP contribution in [0.5, 0.6) is 23.0 Å². The van der Waals surface area contributed by atoms with Crippen LogP contribution in [0.2, 0.25) is 0 Å². The van der Waals surface area contributed by atoms with Gasteiger partial charge in [0.05, 0.1) is 16.7 Å². The van der Waals surface area contributed by atoms with E-state index in [-0.39, 0.29) is 6.85 Å². The molecule has 0 fully saturated rings. The van der Waals surface area contributed by atoms with Crippen molar-refractivity contribution in [3.8, 4) is 50.9 Å². The topological polar surface area (TPSA) is 39.8 Å². The number of ether oxygens (including phenoxy) is 2. The summed E-state index contributed by atoms with van der Waals surface area (Å²) >= 11 is 0. The Morgan fingerprint density at radius 2 is 1.17 bits per heavy atom. The summed E-state index contributed by atoms with van der Waals surface area (Å²) in [6.07, 6.45) is 0. The Hall–Kier alpha value is -7.70. The van der Waals surface area contributed by atoms with Crippen molar-refractivity contribution in [3.05, 3.63) is 176 Å². The van der Waals surface area contributed by atoms with Gasteiger partial charge in [-0.3, -0.25) is 0 Å². The average Bonchev–Trinajstić information content (AvgIpc) is 3.84. The summed E-state index contributed by atoms with van der Waals surface area (Å²) in [6, 6.07) is 62.9. The zero-order chi connectivity index (χ0) is 37.6. The van der Waals surface area contributed by atoms with Crippen LogP contribution in [0.4, 0.5) is 11.4 Å². The van der Waals surface area contributed by atoms with Crippen LogP contribution in [0.15, 0.2) is 180 Å². The largest absolute Gasteiger partial charge is 0.454 e. The number of anilines is 2. The molecule has 3 aliphatic rings. The van der Waals surface area contributed by atoms with E-state index in [1.807, 2.05) is 30.3 Å². The number of nitrogens with zero attached hydrogens (tertiary/aromatic N) is 2. The van der Waals surface area contributed by atoms with Crippen molar-refractivity contribution in [2.75, 3.05) is 4.81 Å². The van der Waals surface area contributed by atoms with Gasteiger partial charge in [0.25, 0.3) is 0 Å². The molecule has 9 aromatic carbocycles. The van der Waals surface area contributed by atoms with Crippen LogP contribution in [0, 0.1) is 0 Å². The number of aromatic nitrogens is 1. The third-order valence-electron chi connectivity index (χ3n) is 12.6. The van der Waals surface area contributed by atoms with Gasteiger partial charge in [0.1, 0.15) is 5.58 Å². The predicted molar refractivity (Wildman–Crippen MR) is 237 cm³/mol. The molecule has 11 aromatic rings. The number of furan rings is 1. The van der Waals surface area contributed by atoms with Crippen molar-refractivity contribution in [2.24, 2.45) is 0 Å². The molecule has 2 aromatic heterocycles. The van der Waals surface area contributed by atoms with E-state index in [4.69, 9.17) is 13.9 Å². The summed E-state index contributed by atoms with van der Waals surface area (Å²) < 4.78 is 22.7. The second-order valence-corrected chi connectivity index (χ2v) is 15.6. The predicted octanol–water partition coefficient (Wildman–Crippen LogP) is 12.6. The minimum atomic E-state index is -0.206. The minimum absolute atomic E-state index is 0.206. The lowest BCUT2D eigenvalue weighted by Gasteiger charge is -2.42. The summed E-state index contributed by atoms with van der Waals surface area (Å²) in [4.78, 5) is 2.51. The number of benzene rings is 9. The van der Waals surface area contributed by atoms with Crippen molar-refractivity contribution < 1.29 is 13.9 Å². The van der Waals surface area contributed by atoms with E-state index in [9.17, 15) is 0 Å². The number of fused-ring (bicyclic) bond motifs is 14. The first-order valence-corrected chi connectivity index (χ1v) is 19.8. The fourth-order valence-electron chi connectivity index (χ4n) is 10.2. The lowest BCUT2D eigenvalue weighted by Crippen LogP contribution is -2.60. The van der Waals surface area contributed by atoms with Gasteiger partial charge in [-0.25, -0.2) is 0 Å². The molecule has 0 spiro atoms. The third-order valence-corrected chi connectivity index (χ3v) is 12.6. The van der Waals surface area contributed by atoms with Crippen molar-refractivity contribution in [3.63, 3.8) is 0 Å². The highest BCUT2D eigenvalue weighted by atomic mass is 16.6. The molecule has 3 aliphatic heterocycles. The Morgan fingerprint density at radius 3 is 2.05 bits per heavy atom. The SMILES string of the molecule is c1ccc(-c2cc3c4c(c2)-n2c5ccc6ccccc6c5c5cccc(c52)B4N(c2cccc4c2oc2ccccc24)c2cc4c(cc2-3)Oc2ccccc2O4)cc1. The van der Waals surface area contributed by atoms with Crippen LogP contribution < -0.4 is 25.2 Å². The smallest absolute Gasteiger partial charge is 0.333 e. The van der Waals surface area contributed by atoms with Crippen LogP contribution in [-0.4, -0.2) is 11.4 Å². The second-order valence-electron chi connectivity index (χ2n) is 15.6. The zero-order valence-electron chi connectivity index (χ0n) is 30.9. The lowest BCUT2D eigenvalue weighted by molar-refractivity contribution is 0.360.